The predicted octanol–water partition coefficient (Wildman–Crippen LogP) is 0.263. The molecule has 0 spiro atoms. The molecule has 0 saturated heterocycles. The van der Waals surface area contributed by atoms with Gasteiger partial charge in [-0.3, -0.25) is 4.79 Å². The number of nitrogens with two attached hydrogens (primary N) is 1. The minimum absolute atomic E-state index is 0.344. The highest BCUT2D eigenvalue weighted by Crippen LogP contribution is 2.07. The number of rotatable bonds is 1. The van der Waals surface area contributed by atoms with Gasteiger partial charge < -0.3 is 5.73 Å². The van der Waals surface area contributed by atoms with Gasteiger partial charge in [-0.25, -0.2) is 0 Å². The Bertz CT molecular complexity index is 298. The molecule has 0 atom stereocenters. The second-order valence-corrected chi connectivity index (χ2v) is 2.55. The molecule has 1 amide bonds. The molecule has 0 aliphatic rings. The lowest BCUT2D eigenvalue weighted by atomic mass is 10.3. The largest absolute Gasteiger partial charge is 0.365 e. The first-order valence-corrected chi connectivity index (χ1v) is 3.44. The lowest BCUT2D eigenvalue weighted by molar-refractivity contribution is -0.669. The highest BCUT2D eigenvalue weighted by Gasteiger charge is 2.13. The summed E-state index contributed by atoms with van der Waals surface area (Å²) in [6.45, 7) is 0. The van der Waals surface area contributed by atoms with Gasteiger partial charge in [0.15, 0.2) is 6.20 Å². The van der Waals surface area contributed by atoms with Gasteiger partial charge in [0.1, 0.15) is 12.6 Å². The zero-order valence-electron chi connectivity index (χ0n) is 6.04. The van der Waals surface area contributed by atoms with Crippen molar-refractivity contribution in [3.63, 3.8) is 0 Å². The molecule has 0 aromatic carbocycles. The van der Waals surface area contributed by atoms with Gasteiger partial charge in [-0.1, -0.05) is 0 Å². The van der Waals surface area contributed by atoms with E-state index in [-0.39, 0.29) is 0 Å². The van der Waals surface area contributed by atoms with Crippen molar-refractivity contribution in [1.82, 2.24) is 0 Å². The molecule has 2 N–H and O–H groups in total. The number of amides is 1. The molecule has 1 aromatic rings. The number of carbonyl (C=O) groups excluding carboxylic acids is 1. The maximum Gasteiger partial charge on any atom is 0.287 e. The van der Waals surface area contributed by atoms with E-state index in [4.69, 9.17) is 17.3 Å². The number of aryl methyl sites for hydroxylation is 1. The van der Waals surface area contributed by atoms with Crippen molar-refractivity contribution in [3.05, 3.63) is 29.0 Å². The van der Waals surface area contributed by atoms with Gasteiger partial charge in [0, 0.05) is 6.07 Å². The normalized spacial score (nSPS) is 9.64. The Kier molecular flexibility index (Phi) is 2.10. The second-order valence-electron chi connectivity index (χ2n) is 2.19. The number of nitrogens with zero attached hydrogens (tertiary/aromatic N) is 1. The number of hydrogen-bond acceptors (Lipinski definition) is 1. The SMILES string of the molecule is C[n+]1cccc(C(N)=O)c1Cl. The summed E-state index contributed by atoms with van der Waals surface area (Å²) in [5, 5.41) is 0.361. The summed E-state index contributed by atoms with van der Waals surface area (Å²) in [6, 6.07) is 3.30. The van der Waals surface area contributed by atoms with Crippen LogP contribution in [0.4, 0.5) is 0 Å². The minimum atomic E-state index is -0.508. The molecule has 1 aromatic heterocycles. The van der Waals surface area contributed by atoms with Crippen molar-refractivity contribution in [2.45, 2.75) is 0 Å². The molecule has 0 unspecified atom stereocenters. The van der Waals surface area contributed by atoms with E-state index in [0.717, 1.165) is 0 Å². The maximum atomic E-state index is 10.7. The van der Waals surface area contributed by atoms with E-state index in [1.807, 2.05) is 0 Å². The third kappa shape index (κ3) is 1.49. The standard InChI is InChI=1S/C7H7ClN2O/c1-10-4-2-3-5(6(10)8)7(9)11/h2-4H,1H3,(H-,9,11)/p+1. The summed E-state index contributed by atoms with van der Waals surface area (Å²) in [7, 11) is 1.74. The van der Waals surface area contributed by atoms with Gasteiger partial charge >= 0.3 is 0 Å². The van der Waals surface area contributed by atoms with E-state index in [9.17, 15) is 4.79 Å². The molecule has 1 rings (SSSR count). The molecular formula is C7H8ClN2O+. The molecule has 4 heteroatoms. The summed E-state index contributed by atoms with van der Waals surface area (Å²) in [6.07, 6.45) is 1.74. The molecule has 0 saturated carbocycles. The third-order valence-electron chi connectivity index (χ3n) is 1.37. The number of aromatic nitrogens is 1. The number of pyridine rings is 1. The molecule has 3 nitrogen and oxygen atoms in total. The van der Waals surface area contributed by atoms with Crippen LogP contribution in [0.15, 0.2) is 18.3 Å². The monoisotopic (exact) mass is 171 g/mol. The van der Waals surface area contributed by atoms with E-state index in [2.05, 4.69) is 0 Å². The Hall–Kier alpha value is -1.09. The Morgan fingerprint density at radius 3 is 2.82 bits per heavy atom. The fourth-order valence-electron chi connectivity index (χ4n) is 0.776. The summed E-state index contributed by atoms with van der Waals surface area (Å²) < 4.78 is 1.63. The molecule has 58 valence electrons. The molecule has 0 fully saturated rings. The van der Waals surface area contributed by atoms with Crippen molar-refractivity contribution in [2.75, 3.05) is 0 Å². The molecule has 1 heterocycles. The first-order valence-electron chi connectivity index (χ1n) is 3.07. The van der Waals surface area contributed by atoms with Crippen LogP contribution >= 0.6 is 11.6 Å². The number of primary amides is 1. The molecule has 0 aliphatic carbocycles. The Morgan fingerprint density at radius 1 is 1.73 bits per heavy atom. The topological polar surface area (TPSA) is 47.0 Å². The fraction of sp³-hybridized carbons (Fsp3) is 0.143. The van der Waals surface area contributed by atoms with Crippen LogP contribution in [-0.4, -0.2) is 5.91 Å². The average molecular weight is 172 g/mol. The summed E-state index contributed by atoms with van der Waals surface area (Å²) in [5.41, 5.74) is 5.39. The van der Waals surface area contributed by atoms with Crippen molar-refractivity contribution in [3.8, 4) is 0 Å². The van der Waals surface area contributed by atoms with E-state index < -0.39 is 5.91 Å². The number of halogens is 1. The molecule has 0 bridgehead atoms. The lowest BCUT2D eigenvalue weighted by Crippen LogP contribution is -2.31. The third-order valence-corrected chi connectivity index (χ3v) is 1.84. The van der Waals surface area contributed by atoms with Crippen LogP contribution in [0.3, 0.4) is 0 Å². The lowest BCUT2D eigenvalue weighted by Gasteiger charge is -1.95. The predicted molar refractivity (Wildman–Crippen MR) is 41.1 cm³/mol. The van der Waals surface area contributed by atoms with E-state index in [1.54, 1.807) is 29.9 Å². The van der Waals surface area contributed by atoms with E-state index >= 15 is 0 Å². The molecular weight excluding hydrogens is 164 g/mol. The van der Waals surface area contributed by atoms with Crippen LogP contribution in [0.1, 0.15) is 10.4 Å². The Labute approximate surface area is 69.4 Å². The molecule has 11 heavy (non-hydrogen) atoms. The minimum Gasteiger partial charge on any atom is -0.365 e. The van der Waals surface area contributed by atoms with Crippen LogP contribution < -0.4 is 10.3 Å². The van der Waals surface area contributed by atoms with Crippen molar-refractivity contribution in [1.29, 1.82) is 0 Å². The van der Waals surface area contributed by atoms with Gasteiger partial charge in [-0.15, -0.1) is 0 Å². The Morgan fingerprint density at radius 2 is 2.36 bits per heavy atom. The van der Waals surface area contributed by atoms with Crippen molar-refractivity contribution < 1.29 is 9.36 Å². The van der Waals surface area contributed by atoms with E-state index in [0.29, 0.717) is 10.7 Å². The average Bonchev–Trinajstić information content (AvgIpc) is 1.94. The van der Waals surface area contributed by atoms with Gasteiger partial charge in [-0.2, -0.15) is 4.57 Å². The smallest absolute Gasteiger partial charge is 0.287 e. The zero-order chi connectivity index (χ0) is 8.43. The number of carbonyl (C=O) groups is 1. The zero-order valence-corrected chi connectivity index (χ0v) is 6.80. The van der Waals surface area contributed by atoms with E-state index in [1.165, 1.54) is 0 Å². The summed E-state index contributed by atoms with van der Waals surface area (Å²) >= 11 is 5.75. The van der Waals surface area contributed by atoms with Crippen LogP contribution in [0, 0.1) is 0 Å². The van der Waals surface area contributed by atoms with Gasteiger partial charge in [-0.05, 0) is 17.7 Å². The second kappa shape index (κ2) is 2.88. The summed E-state index contributed by atoms with van der Waals surface area (Å²) in [4.78, 5) is 10.7. The molecule has 0 radical (unpaired) electrons. The highest BCUT2D eigenvalue weighted by atomic mass is 35.5. The first-order chi connectivity index (χ1) is 5.13. The first kappa shape index (κ1) is 8.01. The van der Waals surface area contributed by atoms with Crippen molar-refractivity contribution >= 4 is 17.5 Å². The van der Waals surface area contributed by atoms with Gasteiger partial charge in [0.05, 0.1) is 0 Å². The highest BCUT2D eigenvalue weighted by molar-refractivity contribution is 6.31. The Balaban J connectivity index is 3.27. The van der Waals surface area contributed by atoms with Crippen LogP contribution in [0.5, 0.6) is 0 Å². The summed E-state index contributed by atoms with van der Waals surface area (Å²) in [5.74, 6) is -0.508. The van der Waals surface area contributed by atoms with Crippen LogP contribution in [0.25, 0.3) is 0 Å². The van der Waals surface area contributed by atoms with Crippen LogP contribution in [-0.2, 0) is 7.05 Å². The van der Waals surface area contributed by atoms with Gasteiger partial charge in [0.2, 0.25) is 0 Å². The number of hydrogen-bond donors (Lipinski definition) is 1. The van der Waals surface area contributed by atoms with Crippen LogP contribution in [0.2, 0.25) is 5.15 Å². The quantitative estimate of drug-likeness (QED) is 0.478. The molecule has 0 aliphatic heterocycles. The van der Waals surface area contributed by atoms with Crippen molar-refractivity contribution in [2.24, 2.45) is 12.8 Å². The van der Waals surface area contributed by atoms with Gasteiger partial charge in [0.25, 0.3) is 11.1 Å². The fourth-order valence-corrected chi connectivity index (χ4v) is 0.989. The maximum absolute atomic E-state index is 10.7.